The Morgan fingerprint density at radius 3 is 2.18 bits per heavy atom. The Balaban J connectivity index is 0. The SMILES string of the molecule is COC(CC=O)S(=O)(=O)[O-].[Na+]. The minimum absolute atomic E-state index is 0. The molecule has 0 N–H and O–H groups in total. The predicted molar refractivity (Wildman–Crippen MR) is 31.2 cm³/mol. The molecule has 0 aliphatic carbocycles. The van der Waals surface area contributed by atoms with E-state index in [9.17, 15) is 17.8 Å². The minimum Gasteiger partial charge on any atom is -0.746 e. The molecule has 0 radical (unpaired) electrons. The van der Waals surface area contributed by atoms with Gasteiger partial charge in [0.2, 0.25) is 0 Å². The number of hydrogen-bond acceptors (Lipinski definition) is 5. The Morgan fingerprint density at radius 2 is 2.09 bits per heavy atom. The third-order valence-electron chi connectivity index (χ3n) is 0.874. The molecule has 0 heterocycles. The number of aldehydes is 1. The molecule has 0 saturated heterocycles. The van der Waals surface area contributed by atoms with Crippen molar-refractivity contribution in [1.29, 1.82) is 0 Å². The molecule has 0 fully saturated rings. The maximum Gasteiger partial charge on any atom is 1.00 e. The van der Waals surface area contributed by atoms with Crippen LogP contribution in [-0.4, -0.2) is 31.8 Å². The van der Waals surface area contributed by atoms with Gasteiger partial charge in [-0.3, -0.25) is 0 Å². The van der Waals surface area contributed by atoms with E-state index in [0.717, 1.165) is 7.11 Å². The maximum atomic E-state index is 10.1. The van der Waals surface area contributed by atoms with Gasteiger partial charge in [-0.2, -0.15) is 0 Å². The first kappa shape index (κ1) is 14.1. The van der Waals surface area contributed by atoms with Crippen LogP contribution in [0.3, 0.4) is 0 Å². The van der Waals surface area contributed by atoms with Gasteiger partial charge in [0.1, 0.15) is 16.4 Å². The van der Waals surface area contributed by atoms with Gasteiger partial charge in [0.15, 0.2) is 5.44 Å². The number of rotatable bonds is 4. The van der Waals surface area contributed by atoms with Crippen molar-refractivity contribution in [3.05, 3.63) is 0 Å². The Morgan fingerprint density at radius 1 is 1.64 bits per heavy atom. The van der Waals surface area contributed by atoms with Crippen LogP contribution in [0.4, 0.5) is 0 Å². The monoisotopic (exact) mass is 190 g/mol. The van der Waals surface area contributed by atoms with Crippen molar-refractivity contribution >= 4 is 16.4 Å². The van der Waals surface area contributed by atoms with Crippen LogP contribution in [0.2, 0.25) is 0 Å². The summed E-state index contributed by atoms with van der Waals surface area (Å²) >= 11 is 0. The fourth-order valence-corrected chi connectivity index (χ4v) is 0.960. The van der Waals surface area contributed by atoms with Crippen molar-refractivity contribution in [2.75, 3.05) is 7.11 Å². The Kier molecular flexibility index (Phi) is 7.81. The van der Waals surface area contributed by atoms with E-state index >= 15 is 0 Å². The van der Waals surface area contributed by atoms with E-state index in [-0.39, 0.29) is 29.6 Å². The van der Waals surface area contributed by atoms with Crippen LogP contribution in [0.5, 0.6) is 0 Å². The molecule has 0 spiro atoms. The van der Waals surface area contributed by atoms with Crippen molar-refractivity contribution in [2.45, 2.75) is 11.9 Å². The topological polar surface area (TPSA) is 83.5 Å². The number of methoxy groups -OCH3 is 1. The van der Waals surface area contributed by atoms with Crippen molar-refractivity contribution in [3.63, 3.8) is 0 Å². The third-order valence-corrected chi connectivity index (χ3v) is 1.90. The first-order chi connectivity index (χ1) is 4.52. The first-order valence-electron chi connectivity index (χ1n) is 2.43. The molecule has 11 heavy (non-hydrogen) atoms. The Bertz CT molecular complexity index is 199. The fraction of sp³-hybridized carbons (Fsp3) is 0.750. The molecule has 60 valence electrons. The summed E-state index contributed by atoms with van der Waals surface area (Å²) in [6, 6.07) is 0. The second kappa shape index (κ2) is 6.10. The van der Waals surface area contributed by atoms with Gasteiger partial charge in [0, 0.05) is 13.5 Å². The summed E-state index contributed by atoms with van der Waals surface area (Å²) in [5, 5.41) is 0. The van der Waals surface area contributed by atoms with Crippen molar-refractivity contribution in [3.8, 4) is 0 Å². The first-order valence-corrected chi connectivity index (χ1v) is 3.90. The molecular formula is C4H7NaO5S. The number of ether oxygens (including phenoxy) is 1. The van der Waals surface area contributed by atoms with Gasteiger partial charge >= 0.3 is 29.6 Å². The average molecular weight is 190 g/mol. The normalized spacial score (nSPS) is 13.3. The fourth-order valence-electron chi connectivity index (χ4n) is 0.410. The van der Waals surface area contributed by atoms with Crippen molar-refractivity contribution in [1.82, 2.24) is 0 Å². The maximum absolute atomic E-state index is 10.1. The molecule has 0 bridgehead atoms. The second-order valence-electron chi connectivity index (χ2n) is 1.56. The molecule has 0 saturated carbocycles. The van der Waals surface area contributed by atoms with Gasteiger partial charge in [-0.15, -0.1) is 0 Å². The number of carbonyl (C=O) groups excluding carboxylic acids is 1. The summed E-state index contributed by atoms with van der Waals surface area (Å²) in [6.07, 6.45) is -0.0913. The van der Waals surface area contributed by atoms with Crippen LogP contribution in [0.25, 0.3) is 0 Å². The standard InChI is InChI=1S/C4H8O5S.Na/c1-9-4(2-3-5)10(6,7)8;/h3-4H,2H2,1H3,(H,6,7,8);/q;+1/p-1. The molecule has 1 unspecified atom stereocenters. The molecule has 0 aliphatic rings. The van der Waals surface area contributed by atoms with Gasteiger partial charge in [0.05, 0.1) is 0 Å². The molecule has 0 aromatic rings. The minimum atomic E-state index is -4.48. The number of carbonyl (C=O) groups is 1. The van der Waals surface area contributed by atoms with Crippen LogP contribution in [-0.2, 0) is 19.6 Å². The van der Waals surface area contributed by atoms with E-state index < -0.39 is 22.0 Å². The molecule has 0 rings (SSSR count). The summed E-state index contributed by atoms with van der Waals surface area (Å²) in [7, 11) is -3.42. The largest absolute Gasteiger partial charge is 1.00 e. The molecule has 0 amide bonds. The van der Waals surface area contributed by atoms with Gasteiger partial charge in [-0.1, -0.05) is 0 Å². The van der Waals surface area contributed by atoms with Crippen LogP contribution in [0.15, 0.2) is 0 Å². The zero-order valence-electron chi connectivity index (χ0n) is 6.31. The summed E-state index contributed by atoms with van der Waals surface area (Å²) in [5.74, 6) is 0. The van der Waals surface area contributed by atoms with Gasteiger partial charge in [-0.05, 0) is 0 Å². The van der Waals surface area contributed by atoms with Gasteiger partial charge in [0.25, 0.3) is 0 Å². The van der Waals surface area contributed by atoms with Crippen LogP contribution in [0.1, 0.15) is 6.42 Å². The Labute approximate surface area is 87.2 Å². The Hall–Kier alpha value is 0.540. The van der Waals surface area contributed by atoms with E-state index in [0.29, 0.717) is 6.29 Å². The van der Waals surface area contributed by atoms with Gasteiger partial charge < -0.3 is 14.1 Å². The van der Waals surface area contributed by atoms with E-state index in [1.54, 1.807) is 0 Å². The van der Waals surface area contributed by atoms with E-state index in [2.05, 4.69) is 4.74 Å². The summed E-state index contributed by atoms with van der Waals surface area (Å²) < 4.78 is 34.6. The summed E-state index contributed by atoms with van der Waals surface area (Å²) in [5.41, 5.74) is -1.54. The predicted octanol–water partition coefficient (Wildman–Crippen LogP) is -3.90. The molecule has 5 nitrogen and oxygen atoms in total. The second-order valence-corrected chi connectivity index (χ2v) is 3.07. The molecule has 0 aromatic carbocycles. The van der Waals surface area contributed by atoms with E-state index in [1.807, 2.05) is 0 Å². The van der Waals surface area contributed by atoms with Crippen LogP contribution in [0, 0.1) is 0 Å². The van der Waals surface area contributed by atoms with E-state index in [4.69, 9.17) is 0 Å². The summed E-state index contributed by atoms with van der Waals surface area (Å²) in [6.45, 7) is 0. The molecule has 1 atom stereocenters. The molecule has 7 heteroatoms. The molecule has 0 aliphatic heterocycles. The van der Waals surface area contributed by atoms with Crippen molar-refractivity contribution in [2.24, 2.45) is 0 Å². The van der Waals surface area contributed by atoms with Gasteiger partial charge in [-0.25, -0.2) is 8.42 Å². The molecular weight excluding hydrogens is 183 g/mol. The summed E-state index contributed by atoms with van der Waals surface area (Å²) in [4.78, 5) is 9.74. The zero-order chi connectivity index (χ0) is 8.20. The van der Waals surface area contributed by atoms with Crippen LogP contribution < -0.4 is 29.6 Å². The third kappa shape index (κ3) is 5.77. The van der Waals surface area contributed by atoms with E-state index in [1.165, 1.54) is 0 Å². The zero-order valence-corrected chi connectivity index (χ0v) is 9.13. The smallest absolute Gasteiger partial charge is 0.746 e. The van der Waals surface area contributed by atoms with Crippen LogP contribution >= 0.6 is 0 Å². The number of hydrogen-bond donors (Lipinski definition) is 0. The molecule has 0 aromatic heterocycles. The van der Waals surface area contributed by atoms with Crippen molar-refractivity contribution < 1.29 is 52.1 Å². The quantitative estimate of drug-likeness (QED) is 0.257. The average Bonchev–Trinajstić information content (AvgIpc) is 1.80.